The van der Waals surface area contributed by atoms with Gasteiger partial charge in [-0.05, 0) is 37.5 Å². The minimum atomic E-state index is -0.290. The highest BCUT2D eigenvalue weighted by atomic mass is 16.5. The lowest BCUT2D eigenvalue weighted by molar-refractivity contribution is -0.138. The number of ether oxygens (including phenoxy) is 2. The molecule has 23 heavy (non-hydrogen) atoms. The zero-order valence-corrected chi connectivity index (χ0v) is 14.1. The zero-order chi connectivity index (χ0) is 16.7. The van der Waals surface area contributed by atoms with E-state index in [9.17, 15) is 4.79 Å². The van der Waals surface area contributed by atoms with E-state index in [0.29, 0.717) is 12.2 Å². The fourth-order valence-electron chi connectivity index (χ4n) is 2.72. The van der Waals surface area contributed by atoms with Crippen LogP contribution in [-0.2, 0) is 20.8 Å². The quantitative estimate of drug-likeness (QED) is 0.782. The van der Waals surface area contributed by atoms with Crippen molar-refractivity contribution in [1.29, 1.82) is 0 Å². The molecule has 0 aromatic heterocycles. The zero-order valence-electron chi connectivity index (χ0n) is 14.1. The fraction of sp³-hybridized carbons (Fsp3) is 0.421. The molecule has 1 aliphatic rings. The number of rotatable bonds is 5. The second-order valence-corrected chi connectivity index (χ2v) is 5.66. The summed E-state index contributed by atoms with van der Waals surface area (Å²) in [6.45, 7) is 5.76. The third kappa shape index (κ3) is 4.96. The molecule has 0 amide bonds. The van der Waals surface area contributed by atoms with E-state index < -0.39 is 0 Å². The van der Waals surface area contributed by atoms with E-state index >= 15 is 0 Å². The van der Waals surface area contributed by atoms with Gasteiger partial charge in [-0.2, -0.15) is 0 Å². The molecule has 0 N–H and O–H groups in total. The van der Waals surface area contributed by atoms with E-state index in [0.717, 1.165) is 25.1 Å². The lowest BCUT2D eigenvalue weighted by Crippen LogP contribution is -2.27. The molecule has 1 aromatic rings. The van der Waals surface area contributed by atoms with Crippen molar-refractivity contribution >= 4 is 5.97 Å². The van der Waals surface area contributed by atoms with Gasteiger partial charge in [-0.25, -0.2) is 4.79 Å². The van der Waals surface area contributed by atoms with Crippen LogP contribution >= 0.6 is 0 Å². The van der Waals surface area contributed by atoms with E-state index in [2.05, 4.69) is 17.0 Å². The molecule has 0 bridgehead atoms. The van der Waals surface area contributed by atoms with Gasteiger partial charge in [0.25, 0.3) is 0 Å². The van der Waals surface area contributed by atoms with Gasteiger partial charge in [0.05, 0.1) is 18.3 Å². The first-order valence-corrected chi connectivity index (χ1v) is 8.02. The topological polar surface area (TPSA) is 38.8 Å². The summed E-state index contributed by atoms with van der Waals surface area (Å²) in [4.78, 5) is 14.3. The van der Waals surface area contributed by atoms with Crippen molar-refractivity contribution < 1.29 is 14.3 Å². The third-order valence-electron chi connectivity index (χ3n) is 3.92. The molecular formula is C19H25NO3. The van der Waals surface area contributed by atoms with Gasteiger partial charge in [-0.3, -0.25) is 0 Å². The molecule has 0 saturated heterocycles. The Morgan fingerprint density at radius 1 is 1.30 bits per heavy atom. The molecule has 1 aromatic carbocycles. The molecule has 0 radical (unpaired) electrons. The van der Waals surface area contributed by atoms with Gasteiger partial charge in [-0.15, -0.1) is 0 Å². The number of esters is 1. The number of nitrogens with zero attached hydrogens (tertiary/aromatic N) is 1. The number of benzene rings is 1. The van der Waals surface area contributed by atoms with Gasteiger partial charge in [-0.1, -0.05) is 30.3 Å². The number of hydrogen-bond donors (Lipinski definition) is 0. The standard InChI is InChI=1S/C19H25NO3/c1-4-23-19(21)17-12-15(2)18(22-3)10-11-20(14-17)13-16-8-6-5-7-9-16/h5-9,12,14,18H,4,10-11,13H2,1-3H3/b15-12-,17-14+. The number of carbonyl (C=O) groups excluding carboxylic acids is 1. The van der Waals surface area contributed by atoms with Crippen LogP contribution in [0.2, 0.25) is 0 Å². The molecule has 1 atom stereocenters. The Morgan fingerprint density at radius 2 is 2.04 bits per heavy atom. The van der Waals surface area contributed by atoms with Crippen molar-refractivity contribution in [3.05, 3.63) is 59.3 Å². The largest absolute Gasteiger partial charge is 0.462 e. The summed E-state index contributed by atoms with van der Waals surface area (Å²) in [5, 5.41) is 0. The van der Waals surface area contributed by atoms with Crippen molar-refractivity contribution in [3.63, 3.8) is 0 Å². The van der Waals surface area contributed by atoms with Crippen LogP contribution in [0.1, 0.15) is 25.8 Å². The molecule has 0 spiro atoms. The third-order valence-corrected chi connectivity index (χ3v) is 3.92. The second kappa shape index (κ2) is 8.53. The van der Waals surface area contributed by atoms with Gasteiger partial charge in [0, 0.05) is 26.4 Å². The Kier molecular flexibility index (Phi) is 6.41. The maximum atomic E-state index is 12.2. The van der Waals surface area contributed by atoms with E-state index in [1.807, 2.05) is 44.3 Å². The van der Waals surface area contributed by atoms with Crippen molar-refractivity contribution in [3.8, 4) is 0 Å². The molecule has 1 unspecified atom stereocenters. The maximum Gasteiger partial charge on any atom is 0.339 e. The summed E-state index contributed by atoms with van der Waals surface area (Å²) < 4.78 is 10.7. The second-order valence-electron chi connectivity index (χ2n) is 5.66. The Morgan fingerprint density at radius 3 is 2.70 bits per heavy atom. The first-order valence-electron chi connectivity index (χ1n) is 8.02. The summed E-state index contributed by atoms with van der Waals surface area (Å²) in [6.07, 6.45) is 4.69. The monoisotopic (exact) mass is 315 g/mol. The van der Waals surface area contributed by atoms with Gasteiger partial charge in [0.2, 0.25) is 0 Å². The molecular weight excluding hydrogens is 290 g/mol. The number of carbonyl (C=O) groups is 1. The minimum absolute atomic E-state index is 0.0198. The highest BCUT2D eigenvalue weighted by Crippen LogP contribution is 2.19. The molecule has 0 saturated carbocycles. The SMILES string of the molecule is CCOC(=O)C1=C/N(Cc2ccccc2)CCC(OC)/C(C)=C\1. The van der Waals surface area contributed by atoms with Crippen molar-refractivity contribution in [2.75, 3.05) is 20.3 Å². The van der Waals surface area contributed by atoms with Gasteiger partial charge >= 0.3 is 5.97 Å². The van der Waals surface area contributed by atoms with E-state index in [1.54, 1.807) is 7.11 Å². The normalized spacial score (nSPS) is 23.1. The highest BCUT2D eigenvalue weighted by Gasteiger charge is 2.19. The minimum Gasteiger partial charge on any atom is -0.462 e. The van der Waals surface area contributed by atoms with Crippen LogP contribution in [0.25, 0.3) is 0 Å². The molecule has 0 fully saturated rings. The van der Waals surface area contributed by atoms with E-state index in [-0.39, 0.29) is 12.1 Å². The summed E-state index contributed by atoms with van der Waals surface area (Å²) in [7, 11) is 1.71. The van der Waals surface area contributed by atoms with Crippen LogP contribution in [0.4, 0.5) is 0 Å². The first-order chi connectivity index (χ1) is 11.1. The van der Waals surface area contributed by atoms with Crippen LogP contribution in [0.3, 0.4) is 0 Å². The average molecular weight is 315 g/mol. The molecule has 4 nitrogen and oxygen atoms in total. The van der Waals surface area contributed by atoms with Crippen molar-refractivity contribution in [2.24, 2.45) is 0 Å². The van der Waals surface area contributed by atoms with Crippen LogP contribution in [-0.4, -0.2) is 37.2 Å². The van der Waals surface area contributed by atoms with Gasteiger partial charge in [0.1, 0.15) is 0 Å². The average Bonchev–Trinajstić information content (AvgIpc) is 2.54. The highest BCUT2D eigenvalue weighted by molar-refractivity contribution is 5.91. The van der Waals surface area contributed by atoms with Crippen LogP contribution < -0.4 is 0 Å². The Hall–Kier alpha value is -2.07. The van der Waals surface area contributed by atoms with Crippen molar-refractivity contribution in [2.45, 2.75) is 32.9 Å². The smallest absolute Gasteiger partial charge is 0.339 e. The first kappa shape index (κ1) is 17.3. The molecule has 0 aliphatic carbocycles. The Balaban J connectivity index is 2.26. The van der Waals surface area contributed by atoms with Crippen LogP contribution in [0.5, 0.6) is 0 Å². The number of hydrogen-bond acceptors (Lipinski definition) is 4. The summed E-state index contributed by atoms with van der Waals surface area (Å²) in [6, 6.07) is 10.2. The number of methoxy groups -OCH3 is 1. The summed E-state index contributed by atoms with van der Waals surface area (Å²) >= 11 is 0. The van der Waals surface area contributed by atoms with Gasteiger partial charge in [0.15, 0.2) is 0 Å². The van der Waals surface area contributed by atoms with E-state index in [4.69, 9.17) is 9.47 Å². The molecule has 124 valence electrons. The molecule has 2 rings (SSSR count). The Labute approximate surface area is 138 Å². The molecule has 1 heterocycles. The van der Waals surface area contributed by atoms with Crippen molar-refractivity contribution in [1.82, 2.24) is 4.90 Å². The maximum absolute atomic E-state index is 12.2. The predicted octanol–water partition coefficient (Wildman–Crippen LogP) is 3.30. The predicted molar refractivity (Wildman–Crippen MR) is 90.7 cm³/mol. The summed E-state index contributed by atoms with van der Waals surface area (Å²) in [5.41, 5.74) is 2.83. The lowest BCUT2D eigenvalue weighted by atomic mass is 10.0. The van der Waals surface area contributed by atoms with E-state index in [1.165, 1.54) is 5.56 Å². The van der Waals surface area contributed by atoms with Gasteiger partial charge < -0.3 is 14.4 Å². The van der Waals surface area contributed by atoms with Crippen LogP contribution in [0.15, 0.2) is 53.8 Å². The molecule has 4 heteroatoms. The summed E-state index contributed by atoms with van der Waals surface area (Å²) in [5.74, 6) is -0.290. The molecule has 1 aliphatic heterocycles. The lowest BCUT2D eigenvalue weighted by Gasteiger charge is -2.27. The van der Waals surface area contributed by atoms with Crippen LogP contribution in [0, 0.1) is 0 Å². The Bertz CT molecular complexity index is 578. The fourth-order valence-corrected chi connectivity index (χ4v) is 2.72.